The lowest BCUT2D eigenvalue weighted by molar-refractivity contribution is -0.118. The second kappa shape index (κ2) is 9.35. The third-order valence-corrected chi connectivity index (χ3v) is 4.37. The van der Waals surface area contributed by atoms with E-state index >= 15 is 0 Å². The minimum Gasteiger partial charge on any atom is -0.351 e. The van der Waals surface area contributed by atoms with E-state index in [0.717, 1.165) is 22.6 Å². The predicted molar refractivity (Wildman–Crippen MR) is 100 cm³/mol. The molecule has 0 unspecified atom stereocenters. The minimum absolute atomic E-state index is 0.0213. The molecule has 24 heavy (non-hydrogen) atoms. The number of carbonyl (C=O) groups is 2. The molecule has 0 aromatic heterocycles. The Labute approximate surface area is 151 Å². The van der Waals surface area contributed by atoms with Crippen molar-refractivity contribution in [3.63, 3.8) is 0 Å². The highest BCUT2D eigenvalue weighted by Crippen LogP contribution is 2.16. The Balaban J connectivity index is 1.74. The number of thioether (sulfide) groups is 1. The molecule has 126 valence electrons. The molecular weight excluding hydrogens is 344 g/mol. The van der Waals surface area contributed by atoms with Gasteiger partial charge in [0.05, 0.1) is 5.75 Å². The van der Waals surface area contributed by atoms with Crippen LogP contribution in [0.3, 0.4) is 0 Å². The van der Waals surface area contributed by atoms with E-state index in [4.69, 9.17) is 11.6 Å². The quantitative estimate of drug-likeness (QED) is 0.786. The van der Waals surface area contributed by atoms with Gasteiger partial charge >= 0.3 is 0 Å². The van der Waals surface area contributed by atoms with E-state index in [1.807, 2.05) is 48.5 Å². The summed E-state index contributed by atoms with van der Waals surface area (Å²) >= 11 is 7.48. The van der Waals surface area contributed by atoms with Gasteiger partial charge in [-0.2, -0.15) is 0 Å². The Kier molecular flexibility index (Phi) is 7.15. The molecular formula is C18H19ClN2O2S. The van der Waals surface area contributed by atoms with Gasteiger partial charge in [0.2, 0.25) is 11.8 Å². The number of nitrogens with one attached hydrogen (secondary N) is 2. The Hall–Kier alpha value is -1.98. The van der Waals surface area contributed by atoms with Crippen molar-refractivity contribution in [3.05, 3.63) is 64.7 Å². The van der Waals surface area contributed by atoms with Crippen molar-refractivity contribution in [1.29, 1.82) is 0 Å². The van der Waals surface area contributed by atoms with Crippen LogP contribution >= 0.6 is 23.4 Å². The largest absolute Gasteiger partial charge is 0.351 e. The molecule has 4 nitrogen and oxygen atoms in total. The predicted octanol–water partition coefficient (Wildman–Crippen LogP) is 3.85. The molecule has 0 saturated heterocycles. The van der Waals surface area contributed by atoms with Gasteiger partial charge in [0.25, 0.3) is 0 Å². The van der Waals surface area contributed by atoms with Crippen LogP contribution in [0.2, 0.25) is 5.02 Å². The van der Waals surface area contributed by atoms with Gasteiger partial charge in [0.1, 0.15) is 0 Å². The summed E-state index contributed by atoms with van der Waals surface area (Å²) < 4.78 is 0. The van der Waals surface area contributed by atoms with Crippen molar-refractivity contribution in [2.45, 2.75) is 19.2 Å². The summed E-state index contributed by atoms with van der Waals surface area (Å²) in [6.07, 6.45) is 0. The molecule has 2 amide bonds. The minimum atomic E-state index is -0.117. The van der Waals surface area contributed by atoms with Crippen LogP contribution < -0.4 is 10.6 Å². The van der Waals surface area contributed by atoms with Crippen molar-refractivity contribution in [2.24, 2.45) is 0 Å². The van der Waals surface area contributed by atoms with Crippen LogP contribution in [0.5, 0.6) is 0 Å². The lowest BCUT2D eigenvalue weighted by Gasteiger charge is -2.08. The van der Waals surface area contributed by atoms with Crippen LogP contribution in [0.25, 0.3) is 0 Å². The van der Waals surface area contributed by atoms with Crippen LogP contribution in [-0.4, -0.2) is 17.6 Å². The molecule has 0 fully saturated rings. The Morgan fingerprint density at radius 1 is 1.08 bits per heavy atom. The van der Waals surface area contributed by atoms with Gasteiger partial charge in [-0.3, -0.25) is 9.59 Å². The highest BCUT2D eigenvalue weighted by molar-refractivity contribution is 7.99. The first kappa shape index (κ1) is 18.4. The fraction of sp³-hybridized carbons (Fsp3) is 0.222. The van der Waals surface area contributed by atoms with Crippen LogP contribution in [0.1, 0.15) is 18.1 Å². The van der Waals surface area contributed by atoms with Crippen molar-refractivity contribution in [2.75, 3.05) is 11.1 Å². The SMILES string of the molecule is CC(=O)Nc1cccc(CNC(=O)CSCc2cccc(Cl)c2)c1. The summed E-state index contributed by atoms with van der Waals surface area (Å²) in [4.78, 5) is 23.0. The first-order valence-corrected chi connectivity index (χ1v) is 9.01. The molecule has 0 aliphatic rings. The number of halogens is 1. The van der Waals surface area contributed by atoms with Crippen molar-refractivity contribution >= 4 is 40.9 Å². The number of hydrogen-bond donors (Lipinski definition) is 2. The zero-order valence-electron chi connectivity index (χ0n) is 13.3. The van der Waals surface area contributed by atoms with Crippen LogP contribution in [0.4, 0.5) is 5.69 Å². The average Bonchev–Trinajstić information content (AvgIpc) is 2.53. The maximum Gasteiger partial charge on any atom is 0.230 e. The smallest absolute Gasteiger partial charge is 0.230 e. The first-order chi connectivity index (χ1) is 11.5. The van der Waals surface area contributed by atoms with Gasteiger partial charge < -0.3 is 10.6 Å². The normalized spacial score (nSPS) is 10.2. The van der Waals surface area contributed by atoms with Crippen LogP contribution in [0.15, 0.2) is 48.5 Å². The second-order valence-electron chi connectivity index (χ2n) is 5.28. The van der Waals surface area contributed by atoms with Gasteiger partial charge in [0.15, 0.2) is 0 Å². The molecule has 2 N–H and O–H groups in total. The number of anilines is 1. The van der Waals surface area contributed by atoms with Gasteiger partial charge in [-0.25, -0.2) is 0 Å². The van der Waals surface area contributed by atoms with E-state index in [1.54, 1.807) is 11.8 Å². The number of amides is 2. The summed E-state index contributed by atoms with van der Waals surface area (Å²) in [6.45, 7) is 1.90. The zero-order chi connectivity index (χ0) is 17.4. The van der Waals surface area contributed by atoms with Crippen LogP contribution in [-0.2, 0) is 21.9 Å². The Morgan fingerprint density at radius 2 is 1.83 bits per heavy atom. The third kappa shape index (κ3) is 6.64. The van der Waals surface area contributed by atoms with Gasteiger partial charge in [-0.05, 0) is 35.4 Å². The number of benzene rings is 2. The summed E-state index contributed by atoms with van der Waals surface area (Å²) in [5.74, 6) is 0.990. The monoisotopic (exact) mass is 362 g/mol. The molecule has 2 rings (SSSR count). The average molecular weight is 363 g/mol. The summed E-state index contributed by atoms with van der Waals surface area (Å²) in [6, 6.07) is 15.0. The molecule has 0 heterocycles. The second-order valence-corrected chi connectivity index (χ2v) is 6.70. The van der Waals surface area contributed by atoms with Crippen molar-refractivity contribution in [1.82, 2.24) is 5.32 Å². The molecule has 0 bridgehead atoms. The molecule has 0 aliphatic heterocycles. The summed E-state index contributed by atoms with van der Waals surface area (Å²) in [5, 5.41) is 6.31. The highest BCUT2D eigenvalue weighted by atomic mass is 35.5. The number of hydrogen-bond acceptors (Lipinski definition) is 3. The van der Waals surface area contributed by atoms with E-state index < -0.39 is 0 Å². The maximum absolute atomic E-state index is 11.9. The van der Waals surface area contributed by atoms with Gasteiger partial charge in [-0.15, -0.1) is 11.8 Å². The zero-order valence-corrected chi connectivity index (χ0v) is 14.9. The number of carbonyl (C=O) groups excluding carboxylic acids is 2. The standard InChI is InChI=1S/C18H19ClN2O2S/c1-13(22)21-17-7-3-4-14(9-17)10-20-18(23)12-24-11-15-5-2-6-16(19)8-15/h2-9H,10-12H2,1H3,(H,20,23)(H,21,22). The van der Waals surface area contributed by atoms with E-state index in [-0.39, 0.29) is 11.8 Å². The third-order valence-electron chi connectivity index (χ3n) is 3.13. The van der Waals surface area contributed by atoms with Crippen molar-refractivity contribution in [3.8, 4) is 0 Å². The molecule has 6 heteroatoms. The summed E-state index contributed by atoms with van der Waals surface area (Å²) in [7, 11) is 0. The molecule has 2 aromatic rings. The Morgan fingerprint density at radius 3 is 2.58 bits per heavy atom. The lowest BCUT2D eigenvalue weighted by atomic mass is 10.2. The molecule has 0 radical (unpaired) electrons. The molecule has 0 atom stereocenters. The van der Waals surface area contributed by atoms with Crippen molar-refractivity contribution < 1.29 is 9.59 Å². The topological polar surface area (TPSA) is 58.2 Å². The van der Waals surface area contributed by atoms with E-state index in [0.29, 0.717) is 17.3 Å². The maximum atomic E-state index is 11.9. The summed E-state index contributed by atoms with van der Waals surface area (Å²) in [5.41, 5.74) is 2.77. The fourth-order valence-corrected chi connectivity index (χ4v) is 3.12. The number of rotatable bonds is 7. The molecule has 2 aromatic carbocycles. The van der Waals surface area contributed by atoms with Gasteiger partial charge in [-0.1, -0.05) is 35.9 Å². The first-order valence-electron chi connectivity index (χ1n) is 7.48. The Bertz CT molecular complexity index is 722. The molecule has 0 saturated carbocycles. The molecule has 0 spiro atoms. The van der Waals surface area contributed by atoms with E-state index in [2.05, 4.69) is 10.6 Å². The fourth-order valence-electron chi connectivity index (χ4n) is 2.10. The van der Waals surface area contributed by atoms with E-state index in [1.165, 1.54) is 6.92 Å². The van der Waals surface area contributed by atoms with E-state index in [9.17, 15) is 9.59 Å². The lowest BCUT2D eigenvalue weighted by Crippen LogP contribution is -2.24. The van der Waals surface area contributed by atoms with Crippen LogP contribution in [0, 0.1) is 0 Å². The van der Waals surface area contributed by atoms with Gasteiger partial charge in [0, 0.05) is 29.9 Å². The highest BCUT2D eigenvalue weighted by Gasteiger charge is 2.04. The molecule has 0 aliphatic carbocycles.